The smallest absolute Gasteiger partial charge is 0.149 e. The monoisotopic (exact) mass is 353 g/mol. The molecule has 4 N–H and O–H groups in total. The van der Waals surface area contributed by atoms with Crippen LogP contribution in [0.25, 0.3) is 0 Å². The van der Waals surface area contributed by atoms with Crippen molar-refractivity contribution in [1.29, 1.82) is 0 Å². The minimum Gasteiger partial charge on any atom is -0.399 e. The van der Waals surface area contributed by atoms with Gasteiger partial charge >= 0.3 is 0 Å². The molecule has 3 saturated heterocycles. The average molecular weight is 353 g/mol. The van der Waals surface area contributed by atoms with E-state index in [4.69, 9.17) is 25.7 Å². The van der Waals surface area contributed by atoms with Crippen molar-refractivity contribution < 1.29 is 14.2 Å². The predicted octanol–water partition coefficient (Wildman–Crippen LogP) is 2.35. The quantitative estimate of drug-likeness (QED) is 0.807. The van der Waals surface area contributed by atoms with Crippen molar-refractivity contribution in [2.45, 2.75) is 43.7 Å². The van der Waals surface area contributed by atoms with Gasteiger partial charge in [0.1, 0.15) is 29.9 Å². The van der Waals surface area contributed by atoms with E-state index in [1.54, 1.807) is 0 Å². The first-order valence-corrected chi connectivity index (χ1v) is 8.88. The van der Waals surface area contributed by atoms with E-state index < -0.39 is 11.2 Å². The predicted molar refractivity (Wildman–Crippen MR) is 97.7 cm³/mol. The number of ether oxygens (including phenoxy) is 3. The van der Waals surface area contributed by atoms with Crippen LogP contribution in [0.4, 0.5) is 11.4 Å². The molecular weight excluding hydrogens is 330 g/mol. The molecule has 3 heterocycles. The van der Waals surface area contributed by atoms with Crippen molar-refractivity contribution >= 4 is 11.4 Å². The first kappa shape index (κ1) is 16.1. The Morgan fingerprint density at radius 1 is 0.885 bits per heavy atom. The minimum absolute atomic E-state index is 0.140. The maximum absolute atomic E-state index is 6.64. The number of benzene rings is 2. The lowest BCUT2D eigenvalue weighted by molar-refractivity contribution is -0.138. The highest BCUT2D eigenvalue weighted by Crippen LogP contribution is 2.55. The van der Waals surface area contributed by atoms with Crippen molar-refractivity contribution in [1.82, 2.24) is 4.90 Å². The molecule has 5 rings (SSSR count). The molecular formula is C20H23N3O3. The van der Waals surface area contributed by atoms with Gasteiger partial charge in [-0.15, -0.1) is 0 Å². The van der Waals surface area contributed by atoms with Crippen LogP contribution in [-0.2, 0) is 25.4 Å². The highest BCUT2D eigenvalue weighted by atomic mass is 16.7. The molecule has 5 atom stereocenters. The molecule has 0 aromatic heterocycles. The van der Waals surface area contributed by atoms with Crippen LogP contribution in [0, 0.1) is 0 Å². The minimum atomic E-state index is -0.625. The van der Waals surface area contributed by atoms with Gasteiger partial charge in [0, 0.05) is 11.4 Å². The summed E-state index contributed by atoms with van der Waals surface area (Å²) in [7, 11) is 0. The van der Waals surface area contributed by atoms with Crippen LogP contribution in [0.5, 0.6) is 0 Å². The van der Waals surface area contributed by atoms with Crippen molar-refractivity contribution in [3.63, 3.8) is 0 Å². The molecule has 6 heteroatoms. The SMILES string of the molecule is C[C@]1(c2cccc(N)c2)O[C@H]2CO[C@@H]3N2[C@H]1O[C@]3(C)c1cccc(N)c1. The standard InChI is InChI=1S/C20H23N3O3/c1-19(12-5-3-7-14(21)9-12)17-23-16(11-24-17)25-20(2,18(23)26-19)13-6-4-8-15(22)10-13/h3-10,16-18H,11,21-22H2,1-2H3/t16-,17-,18-,19+,20+/m0/s1. The Labute approximate surface area is 152 Å². The van der Waals surface area contributed by atoms with Gasteiger partial charge in [-0.25, -0.2) is 4.90 Å². The van der Waals surface area contributed by atoms with Crippen molar-refractivity contribution in [2.75, 3.05) is 18.1 Å². The molecule has 3 aliphatic heterocycles. The zero-order valence-electron chi connectivity index (χ0n) is 14.9. The summed E-state index contributed by atoms with van der Waals surface area (Å²) in [4.78, 5) is 2.20. The van der Waals surface area contributed by atoms with Crippen LogP contribution in [0.2, 0.25) is 0 Å². The molecule has 0 radical (unpaired) electrons. The van der Waals surface area contributed by atoms with Crippen LogP contribution in [-0.4, -0.2) is 30.2 Å². The molecule has 26 heavy (non-hydrogen) atoms. The fourth-order valence-electron chi connectivity index (χ4n) is 4.51. The van der Waals surface area contributed by atoms with E-state index in [-0.39, 0.29) is 18.7 Å². The Balaban J connectivity index is 1.59. The van der Waals surface area contributed by atoms with Crippen molar-refractivity contribution in [3.8, 4) is 0 Å². The highest BCUT2D eigenvalue weighted by Gasteiger charge is 2.68. The van der Waals surface area contributed by atoms with Gasteiger partial charge in [-0.3, -0.25) is 0 Å². The molecule has 0 spiro atoms. The number of nitrogens with zero attached hydrogens (tertiary/aromatic N) is 1. The molecule has 136 valence electrons. The van der Waals surface area contributed by atoms with Crippen LogP contribution in [0.15, 0.2) is 48.5 Å². The van der Waals surface area contributed by atoms with E-state index >= 15 is 0 Å². The maximum atomic E-state index is 6.64. The highest BCUT2D eigenvalue weighted by molar-refractivity contribution is 5.45. The Hall–Kier alpha value is -2.12. The van der Waals surface area contributed by atoms with E-state index in [2.05, 4.69) is 18.7 Å². The van der Waals surface area contributed by atoms with E-state index in [0.29, 0.717) is 18.0 Å². The van der Waals surface area contributed by atoms with Crippen LogP contribution in [0.1, 0.15) is 25.0 Å². The van der Waals surface area contributed by atoms with Crippen LogP contribution >= 0.6 is 0 Å². The molecule has 3 aliphatic rings. The summed E-state index contributed by atoms with van der Waals surface area (Å²) in [6.45, 7) is 4.64. The average Bonchev–Trinajstić information content (AvgIpc) is 3.24. The molecule has 6 nitrogen and oxygen atoms in total. The third-order valence-electron chi connectivity index (χ3n) is 5.87. The van der Waals surface area contributed by atoms with Crippen LogP contribution < -0.4 is 11.5 Å². The molecule has 0 aliphatic carbocycles. The Kier molecular flexibility index (Phi) is 3.22. The van der Waals surface area contributed by atoms with Crippen LogP contribution in [0.3, 0.4) is 0 Å². The summed E-state index contributed by atoms with van der Waals surface area (Å²) in [5.41, 5.74) is 14.2. The third-order valence-corrected chi connectivity index (χ3v) is 5.87. The molecule has 0 amide bonds. The van der Waals surface area contributed by atoms with Gasteiger partial charge in [0.2, 0.25) is 0 Å². The molecule has 0 bridgehead atoms. The Morgan fingerprint density at radius 3 is 2.04 bits per heavy atom. The fourth-order valence-corrected chi connectivity index (χ4v) is 4.51. The molecule has 2 aromatic carbocycles. The molecule has 2 aromatic rings. The van der Waals surface area contributed by atoms with Gasteiger partial charge in [0.15, 0.2) is 0 Å². The number of anilines is 2. The summed E-state index contributed by atoms with van der Waals surface area (Å²) in [6, 6.07) is 15.6. The van der Waals surface area contributed by atoms with Gasteiger partial charge in [-0.2, -0.15) is 0 Å². The zero-order valence-corrected chi connectivity index (χ0v) is 14.9. The summed E-state index contributed by atoms with van der Waals surface area (Å²) in [6.07, 6.45) is -0.630. The summed E-state index contributed by atoms with van der Waals surface area (Å²) in [5, 5.41) is 0. The normalized spacial score (nSPS) is 38.6. The zero-order chi connectivity index (χ0) is 18.1. The largest absolute Gasteiger partial charge is 0.399 e. The first-order valence-electron chi connectivity index (χ1n) is 8.88. The summed E-state index contributed by atoms with van der Waals surface area (Å²) in [5.74, 6) is 0. The number of hydrogen-bond donors (Lipinski definition) is 2. The van der Waals surface area contributed by atoms with E-state index in [9.17, 15) is 0 Å². The number of hydrogen-bond acceptors (Lipinski definition) is 6. The maximum Gasteiger partial charge on any atom is 0.149 e. The number of rotatable bonds is 2. The van der Waals surface area contributed by atoms with Crippen molar-refractivity contribution in [2.24, 2.45) is 0 Å². The van der Waals surface area contributed by atoms with E-state index in [0.717, 1.165) is 11.1 Å². The lowest BCUT2D eigenvalue weighted by Gasteiger charge is -2.33. The lowest BCUT2D eigenvalue weighted by atomic mass is 9.93. The van der Waals surface area contributed by atoms with E-state index in [1.165, 1.54) is 0 Å². The summed E-state index contributed by atoms with van der Waals surface area (Å²) >= 11 is 0. The molecule has 0 unspecified atom stereocenters. The fraction of sp³-hybridized carbons (Fsp3) is 0.400. The van der Waals surface area contributed by atoms with Gasteiger partial charge in [0.25, 0.3) is 0 Å². The molecule has 3 fully saturated rings. The second-order valence-electron chi connectivity index (χ2n) is 7.64. The Morgan fingerprint density at radius 2 is 1.46 bits per heavy atom. The van der Waals surface area contributed by atoms with Gasteiger partial charge in [0.05, 0.1) is 6.61 Å². The second-order valence-corrected chi connectivity index (χ2v) is 7.64. The topological polar surface area (TPSA) is 83.0 Å². The van der Waals surface area contributed by atoms with E-state index in [1.807, 2.05) is 48.5 Å². The summed E-state index contributed by atoms with van der Waals surface area (Å²) < 4.78 is 19.1. The van der Waals surface area contributed by atoms with Gasteiger partial charge in [-0.05, 0) is 49.2 Å². The first-order chi connectivity index (χ1) is 12.4. The third kappa shape index (κ3) is 2.01. The van der Waals surface area contributed by atoms with Gasteiger partial charge < -0.3 is 25.7 Å². The number of nitrogen functional groups attached to an aromatic ring is 2. The number of nitrogens with two attached hydrogens (primary N) is 2. The Bertz CT molecular complexity index is 829. The van der Waals surface area contributed by atoms with Crippen molar-refractivity contribution in [3.05, 3.63) is 59.7 Å². The lowest BCUT2D eigenvalue weighted by Crippen LogP contribution is -2.40. The molecule has 0 saturated carbocycles. The van der Waals surface area contributed by atoms with Gasteiger partial charge in [-0.1, -0.05) is 24.3 Å². The second kappa shape index (κ2) is 5.20.